The number of halogens is 1. The van der Waals surface area contributed by atoms with Gasteiger partial charge in [0.05, 0.1) is 17.1 Å². The Balaban J connectivity index is 2.39. The number of rotatable bonds is 3. The highest BCUT2D eigenvalue weighted by molar-refractivity contribution is 7.92. The molecule has 18 heavy (non-hydrogen) atoms. The summed E-state index contributed by atoms with van der Waals surface area (Å²) in [5.41, 5.74) is 1.26. The third-order valence-corrected chi connectivity index (χ3v) is 4.16. The molecule has 0 unspecified atom stereocenters. The van der Waals surface area contributed by atoms with Crippen LogP contribution in [0.2, 0.25) is 5.15 Å². The van der Waals surface area contributed by atoms with E-state index < -0.39 is 10.0 Å². The van der Waals surface area contributed by atoms with Crippen LogP contribution >= 0.6 is 11.6 Å². The lowest BCUT2D eigenvalue weighted by Gasteiger charge is -2.07. The first kappa shape index (κ1) is 12.8. The lowest BCUT2D eigenvalue weighted by Crippen LogP contribution is -2.14. The van der Waals surface area contributed by atoms with Gasteiger partial charge in [0.2, 0.25) is 0 Å². The van der Waals surface area contributed by atoms with E-state index in [0.717, 1.165) is 0 Å². The van der Waals surface area contributed by atoms with Gasteiger partial charge in [-0.05, 0) is 26.0 Å². The van der Waals surface area contributed by atoms with E-state index in [1.165, 1.54) is 18.3 Å². The van der Waals surface area contributed by atoms with Crippen molar-refractivity contribution in [1.29, 1.82) is 0 Å². The van der Waals surface area contributed by atoms with Crippen LogP contribution in [0, 0.1) is 13.8 Å². The quantitative estimate of drug-likeness (QED) is 0.843. The van der Waals surface area contributed by atoms with Gasteiger partial charge in [-0.1, -0.05) is 11.6 Å². The second-order valence-corrected chi connectivity index (χ2v) is 5.74. The SMILES string of the molecule is Cc1n[nH]c(C)c1S(=O)(=O)Nc1ccnc(Cl)c1. The zero-order valence-corrected chi connectivity index (χ0v) is 11.3. The topological polar surface area (TPSA) is 87.7 Å². The zero-order chi connectivity index (χ0) is 13.3. The highest BCUT2D eigenvalue weighted by atomic mass is 35.5. The molecule has 0 bridgehead atoms. The van der Waals surface area contributed by atoms with Crippen LogP contribution in [-0.2, 0) is 10.0 Å². The molecule has 0 saturated carbocycles. The molecule has 2 aromatic rings. The molecule has 0 aliphatic rings. The molecule has 0 aliphatic heterocycles. The Morgan fingerprint density at radius 1 is 1.39 bits per heavy atom. The summed E-state index contributed by atoms with van der Waals surface area (Å²) in [4.78, 5) is 3.93. The molecular formula is C10H11ClN4O2S. The van der Waals surface area contributed by atoms with Crippen LogP contribution < -0.4 is 4.72 Å². The molecule has 0 saturated heterocycles. The Bertz CT molecular complexity index is 661. The van der Waals surface area contributed by atoms with Crippen LogP contribution in [0.4, 0.5) is 5.69 Å². The molecule has 2 N–H and O–H groups in total. The van der Waals surface area contributed by atoms with Crippen molar-refractivity contribution in [2.75, 3.05) is 4.72 Å². The van der Waals surface area contributed by atoms with Crippen molar-refractivity contribution in [2.24, 2.45) is 0 Å². The van der Waals surface area contributed by atoms with Crippen LogP contribution in [0.3, 0.4) is 0 Å². The van der Waals surface area contributed by atoms with Gasteiger partial charge in [0.15, 0.2) is 0 Å². The van der Waals surface area contributed by atoms with Crippen molar-refractivity contribution in [1.82, 2.24) is 15.2 Å². The molecule has 0 radical (unpaired) electrons. The first-order valence-corrected chi connectivity index (χ1v) is 6.92. The average molecular weight is 287 g/mol. The number of nitrogens with one attached hydrogen (secondary N) is 2. The first-order valence-electron chi connectivity index (χ1n) is 5.06. The molecule has 0 spiro atoms. The number of H-pyrrole nitrogens is 1. The maximum atomic E-state index is 12.2. The Morgan fingerprint density at radius 2 is 2.11 bits per heavy atom. The highest BCUT2D eigenvalue weighted by Gasteiger charge is 2.22. The predicted molar refractivity (Wildman–Crippen MR) is 68.1 cm³/mol. The van der Waals surface area contributed by atoms with Gasteiger partial charge < -0.3 is 0 Å². The van der Waals surface area contributed by atoms with Gasteiger partial charge in [0.1, 0.15) is 10.0 Å². The van der Waals surface area contributed by atoms with Gasteiger partial charge in [0, 0.05) is 6.20 Å². The summed E-state index contributed by atoms with van der Waals surface area (Å²) >= 11 is 5.70. The second-order valence-electron chi connectivity index (χ2n) is 3.74. The summed E-state index contributed by atoms with van der Waals surface area (Å²) in [6.07, 6.45) is 1.43. The smallest absolute Gasteiger partial charge is 0.265 e. The molecule has 2 rings (SSSR count). The number of nitrogens with zero attached hydrogens (tertiary/aromatic N) is 2. The van der Waals surface area contributed by atoms with Crippen molar-refractivity contribution >= 4 is 27.3 Å². The molecule has 2 aromatic heterocycles. The fourth-order valence-electron chi connectivity index (χ4n) is 1.61. The van der Waals surface area contributed by atoms with Crippen molar-refractivity contribution in [3.05, 3.63) is 34.9 Å². The fraction of sp³-hybridized carbons (Fsp3) is 0.200. The molecule has 0 amide bonds. The number of hydrogen-bond acceptors (Lipinski definition) is 4. The summed E-state index contributed by atoms with van der Waals surface area (Å²) in [5, 5.41) is 6.71. The summed E-state index contributed by atoms with van der Waals surface area (Å²) in [6.45, 7) is 3.27. The van der Waals surface area contributed by atoms with E-state index >= 15 is 0 Å². The van der Waals surface area contributed by atoms with Crippen LogP contribution in [-0.4, -0.2) is 23.6 Å². The summed E-state index contributed by atoms with van der Waals surface area (Å²) in [5.74, 6) is 0. The fourth-order valence-corrected chi connectivity index (χ4v) is 3.21. The Hall–Kier alpha value is -1.60. The number of aryl methyl sites for hydroxylation is 2. The number of hydrogen-bond donors (Lipinski definition) is 2. The van der Waals surface area contributed by atoms with Gasteiger partial charge in [-0.15, -0.1) is 0 Å². The maximum absolute atomic E-state index is 12.2. The van der Waals surface area contributed by atoms with E-state index in [2.05, 4.69) is 19.9 Å². The van der Waals surface area contributed by atoms with Crippen LogP contribution in [0.15, 0.2) is 23.2 Å². The summed E-state index contributed by atoms with van der Waals surface area (Å²) in [7, 11) is -3.68. The number of anilines is 1. The minimum atomic E-state index is -3.68. The molecule has 0 atom stereocenters. The van der Waals surface area contributed by atoms with Gasteiger partial charge in [-0.25, -0.2) is 13.4 Å². The molecular weight excluding hydrogens is 276 g/mol. The Morgan fingerprint density at radius 3 is 2.67 bits per heavy atom. The molecule has 2 heterocycles. The van der Waals surface area contributed by atoms with Crippen molar-refractivity contribution < 1.29 is 8.42 Å². The molecule has 96 valence electrons. The van der Waals surface area contributed by atoms with Crippen LogP contribution in [0.1, 0.15) is 11.4 Å². The van der Waals surface area contributed by atoms with E-state index in [4.69, 9.17) is 11.6 Å². The lowest BCUT2D eigenvalue weighted by atomic mass is 10.4. The largest absolute Gasteiger partial charge is 0.281 e. The third kappa shape index (κ3) is 2.46. The minimum absolute atomic E-state index is 0.149. The minimum Gasteiger partial charge on any atom is -0.281 e. The number of sulfonamides is 1. The van der Waals surface area contributed by atoms with Gasteiger partial charge in [-0.3, -0.25) is 9.82 Å². The van der Waals surface area contributed by atoms with Crippen molar-refractivity contribution in [3.8, 4) is 0 Å². The monoisotopic (exact) mass is 286 g/mol. The van der Waals surface area contributed by atoms with E-state index in [1.807, 2.05) is 0 Å². The molecule has 8 heteroatoms. The van der Waals surface area contributed by atoms with Crippen LogP contribution in [0.25, 0.3) is 0 Å². The average Bonchev–Trinajstić information content (AvgIpc) is 2.58. The third-order valence-electron chi connectivity index (χ3n) is 2.31. The number of pyridine rings is 1. The number of aromatic amines is 1. The van der Waals surface area contributed by atoms with E-state index in [9.17, 15) is 8.42 Å². The van der Waals surface area contributed by atoms with Crippen molar-refractivity contribution in [2.45, 2.75) is 18.7 Å². The first-order chi connectivity index (χ1) is 8.40. The van der Waals surface area contributed by atoms with Gasteiger partial charge in [0.25, 0.3) is 10.0 Å². The highest BCUT2D eigenvalue weighted by Crippen LogP contribution is 2.21. The number of aromatic nitrogens is 3. The van der Waals surface area contributed by atoms with E-state index in [0.29, 0.717) is 17.1 Å². The summed E-state index contributed by atoms with van der Waals surface area (Å²) in [6, 6.07) is 2.96. The molecule has 6 nitrogen and oxygen atoms in total. The lowest BCUT2D eigenvalue weighted by molar-refractivity contribution is 0.600. The van der Waals surface area contributed by atoms with Crippen LogP contribution in [0.5, 0.6) is 0 Å². The van der Waals surface area contributed by atoms with Gasteiger partial charge in [-0.2, -0.15) is 5.10 Å². The Labute approximate surface area is 109 Å². The molecule has 0 aliphatic carbocycles. The molecule has 0 aromatic carbocycles. The Kier molecular flexibility index (Phi) is 3.27. The molecule has 0 fully saturated rings. The van der Waals surface area contributed by atoms with Crippen molar-refractivity contribution in [3.63, 3.8) is 0 Å². The normalized spacial score (nSPS) is 11.5. The van der Waals surface area contributed by atoms with E-state index in [1.54, 1.807) is 13.8 Å². The van der Waals surface area contributed by atoms with Gasteiger partial charge >= 0.3 is 0 Å². The van der Waals surface area contributed by atoms with E-state index in [-0.39, 0.29) is 10.0 Å². The maximum Gasteiger partial charge on any atom is 0.265 e. The standard InChI is InChI=1S/C10H11ClN4O2S/c1-6-10(7(2)14-13-6)18(16,17)15-8-3-4-12-9(11)5-8/h3-5H,1-2H3,(H,12,15)(H,13,14). The second kappa shape index (κ2) is 4.58. The summed E-state index contributed by atoms with van der Waals surface area (Å²) < 4.78 is 26.8. The zero-order valence-electron chi connectivity index (χ0n) is 9.73. The predicted octanol–water partition coefficient (Wildman–Crippen LogP) is 1.88.